The van der Waals surface area contributed by atoms with Crippen LogP contribution in [0.3, 0.4) is 0 Å². The minimum absolute atomic E-state index is 0.0653. The summed E-state index contributed by atoms with van der Waals surface area (Å²) < 4.78 is 0. The van der Waals surface area contributed by atoms with Crippen LogP contribution < -0.4 is 0 Å². The Bertz CT molecular complexity index is 999. The van der Waals surface area contributed by atoms with Crippen molar-refractivity contribution in [3.8, 4) is 17.2 Å². The van der Waals surface area contributed by atoms with Gasteiger partial charge in [0.05, 0.1) is 0 Å². The highest BCUT2D eigenvalue weighted by atomic mass is 16.3. The lowest BCUT2D eigenvalue weighted by molar-refractivity contribution is 0.465. The van der Waals surface area contributed by atoms with Gasteiger partial charge in [0.1, 0.15) is 17.2 Å². The number of phenols is 3. The molecule has 0 amide bonds. The Morgan fingerprint density at radius 2 is 1.03 bits per heavy atom. The molecule has 0 aliphatic heterocycles. The zero-order valence-electron chi connectivity index (χ0n) is 18.1. The maximum absolute atomic E-state index is 10.4. The molecule has 0 aromatic heterocycles. The lowest BCUT2D eigenvalue weighted by Crippen LogP contribution is -2.11. The third-order valence-electron chi connectivity index (χ3n) is 6.32. The number of hydrogen-bond donors (Lipinski definition) is 3. The molecule has 0 spiro atoms. The normalized spacial score (nSPS) is 11.3. The van der Waals surface area contributed by atoms with E-state index in [1.54, 1.807) is 12.1 Å². The van der Waals surface area contributed by atoms with Crippen LogP contribution in [0, 0.1) is 41.5 Å². The largest absolute Gasteiger partial charge is 0.508 e. The number of rotatable bonds is 4. The number of aromatic hydroxyl groups is 3. The Balaban J connectivity index is 2.25. The molecule has 3 rings (SSSR count). The number of hydrogen-bond acceptors (Lipinski definition) is 3. The number of aryl methyl sites for hydroxylation is 2. The van der Waals surface area contributed by atoms with Crippen LogP contribution in [-0.2, 0) is 6.42 Å². The molecule has 0 fully saturated rings. The molecule has 3 nitrogen and oxygen atoms in total. The molecular formula is C26H30O3. The van der Waals surface area contributed by atoms with E-state index in [-0.39, 0.29) is 11.7 Å². The molecule has 0 saturated carbocycles. The van der Waals surface area contributed by atoms with Gasteiger partial charge in [-0.05, 0) is 110 Å². The first kappa shape index (κ1) is 20.8. The summed E-state index contributed by atoms with van der Waals surface area (Å²) in [4.78, 5) is 0. The molecular weight excluding hydrogens is 360 g/mol. The fraction of sp³-hybridized carbons (Fsp3) is 0.308. The minimum Gasteiger partial charge on any atom is -0.508 e. The van der Waals surface area contributed by atoms with Gasteiger partial charge in [0.2, 0.25) is 0 Å². The molecule has 0 aliphatic carbocycles. The first-order chi connectivity index (χ1) is 13.6. The van der Waals surface area contributed by atoms with Crippen LogP contribution in [0.4, 0.5) is 0 Å². The highest BCUT2D eigenvalue weighted by Gasteiger charge is 2.24. The minimum atomic E-state index is 0.0653. The quantitative estimate of drug-likeness (QED) is 0.510. The standard InChI is InChI=1S/C26H30O3/c1-14-11-22(16(3)18(5)25(14)28)24(13-20-7-9-21(27)10-8-20)23-12-15(2)26(29)19(6)17(23)4/h7-12,24,27-29H,13H2,1-6H3. The van der Waals surface area contributed by atoms with E-state index >= 15 is 0 Å². The second-order valence-electron chi connectivity index (χ2n) is 8.19. The highest BCUT2D eigenvalue weighted by molar-refractivity contribution is 5.56. The lowest BCUT2D eigenvalue weighted by Gasteiger charge is -2.26. The molecule has 3 heteroatoms. The Morgan fingerprint density at radius 3 is 1.45 bits per heavy atom. The summed E-state index contributed by atoms with van der Waals surface area (Å²) in [5, 5.41) is 30.5. The van der Waals surface area contributed by atoms with Gasteiger partial charge in [-0.1, -0.05) is 24.3 Å². The first-order valence-electron chi connectivity index (χ1n) is 9.99. The van der Waals surface area contributed by atoms with E-state index in [0.717, 1.165) is 45.4 Å². The van der Waals surface area contributed by atoms with Crippen molar-refractivity contribution in [2.45, 2.75) is 53.9 Å². The molecule has 29 heavy (non-hydrogen) atoms. The van der Waals surface area contributed by atoms with Crippen LogP contribution >= 0.6 is 0 Å². The maximum atomic E-state index is 10.4. The summed E-state index contributed by atoms with van der Waals surface area (Å²) in [6.45, 7) is 11.9. The average Bonchev–Trinajstić information content (AvgIpc) is 2.70. The summed E-state index contributed by atoms with van der Waals surface area (Å²) in [6.07, 6.45) is 0.759. The van der Waals surface area contributed by atoms with Gasteiger partial charge >= 0.3 is 0 Å². The van der Waals surface area contributed by atoms with Gasteiger partial charge in [-0.3, -0.25) is 0 Å². The van der Waals surface area contributed by atoms with Gasteiger partial charge in [-0.25, -0.2) is 0 Å². The van der Waals surface area contributed by atoms with Crippen LogP contribution in [0.2, 0.25) is 0 Å². The van der Waals surface area contributed by atoms with Crippen LogP contribution in [0.1, 0.15) is 56.0 Å². The molecule has 0 atom stereocenters. The molecule has 3 aromatic carbocycles. The van der Waals surface area contributed by atoms with Crippen molar-refractivity contribution in [2.24, 2.45) is 0 Å². The van der Waals surface area contributed by atoms with E-state index in [1.807, 2.05) is 39.8 Å². The molecule has 3 N–H and O–H groups in total. The van der Waals surface area contributed by atoms with Gasteiger partial charge in [-0.2, -0.15) is 0 Å². The summed E-state index contributed by atoms with van der Waals surface area (Å²) in [5.74, 6) is 1.02. The zero-order valence-corrected chi connectivity index (χ0v) is 18.1. The molecule has 0 bridgehead atoms. The van der Waals surface area contributed by atoms with Crippen molar-refractivity contribution < 1.29 is 15.3 Å². The monoisotopic (exact) mass is 390 g/mol. The fourth-order valence-electron chi connectivity index (χ4n) is 4.18. The van der Waals surface area contributed by atoms with Gasteiger partial charge in [0.15, 0.2) is 0 Å². The third kappa shape index (κ3) is 3.82. The predicted molar refractivity (Wildman–Crippen MR) is 118 cm³/mol. The molecule has 0 unspecified atom stereocenters. The SMILES string of the molecule is Cc1cc(C(Cc2ccc(O)cc2)c2cc(C)c(O)c(C)c2C)c(C)c(C)c1O. The van der Waals surface area contributed by atoms with E-state index in [9.17, 15) is 15.3 Å². The molecule has 3 aromatic rings. The Hall–Kier alpha value is -2.94. The smallest absolute Gasteiger partial charge is 0.121 e. The van der Waals surface area contributed by atoms with Crippen molar-refractivity contribution in [3.05, 3.63) is 86.5 Å². The second kappa shape index (κ2) is 7.82. The number of benzene rings is 3. The van der Waals surface area contributed by atoms with Crippen molar-refractivity contribution in [1.29, 1.82) is 0 Å². The van der Waals surface area contributed by atoms with Crippen LogP contribution in [-0.4, -0.2) is 15.3 Å². The lowest BCUT2D eigenvalue weighted by atomic mass is 9.79. The Labute approximate surface area is 173 Å². The summed E-state index contributed by atoms with van der Waals surface area (Å²) in [7, 11) is 0. The van der Waals surface area contributed by atoms with E-state index in [0.29, 0.717) is 11.5 Å². The molecule has 0 aliphatic rings. The number of phenolic OH excluding ortho intramolecular Hbond substituents is 3. The Morgan fingerprint density at radius 1 is 0.621 bits per heavy atom. The maximum Gasteiger partial charge on any atom is 0.121 e. The van der Waals surface area contributed by atoms with Crippen molar-refractivity contribution >= 4 is 0 Å². The van der Waals surface area contributed by atoms with Crippen molar-refractivity contribution in [2.75, 3.05) is 0 Å². The third-order valence-corrected chi connectivity index (χ3v) is 6.32. The zero-order chi connectivity index (χ0) is 21.5. The van der Waals surface area contributed by atoms with Crippen molar-refractivity contribution in [3.63, 3.8) is 0 Å². The first-order valence-corrected chi connectivity index (χ1v) is 9.99. The fourth-order valence-corrected chi connectivity index (χ4v) is 4.18. The molecule has 152 valence electrons. The summed E-state index contributed by atoms with van der Waals surface area (Å²) in [5.41, 5.74) is 9.18. The predicted octanol–water partition coefficient (Wildman–Crippen LogP) is 6.03. The van der Waals surface area contributed by atoms with Gasteiger partial charge in [0.25, 0.3) is 0 Å². The van der Waals surface area contributed by atoms with Crippen LogP contribution in [0.5, 0.6) is 17.2 Å². The summed E-state index contributed by atoms with van der Waals surface area (Å²) in [6, 6.07) is 11.5. The van der Waals surface area contributed by atoms with Crippen LogP contribution in [0.15, 0.2) is 36.4 Å². The van der Waals surface area contributed by atoms with Crippen LogP contribution in [0.25, 0.3) is 0 Å². The second-order valence-corrected chi connectivity index (χ2v) is 8.19. The van der Waals surface area contributed by atoms with Crippen molar-refractivity contribution in [1.82, 2.24) is 0 Å². The van der Waals surface area contributed by atoms with E-state index < -0.39 is 0 Å². The van der Waals surface area contributed by atoms with Gasteiger partial charge in [-0.15, -0.1) is 0 Å². The van der Waals surface area contributed by atoms with E-state index in [1.165, 1.54) is 11.1 Å². The Kier molecular flexibility index (Phi) is 5.61. The highest BCUT2D eigenvalue weighted by Crippen LogP contribution is 2.40. The topological polar surface area (TPSA) is 60.7 Å². The molecule has 0 heterocycles. The molecule has 0 saturated heterocycles. The van der Waals surface area contributed by atoms with E-state index in [2.05, 4.69) is 26.0 Å². The van der Waals surface area contributed by atoms with Gasteiger partial charge < -0.3 is 15.3 Å². The van der Waals surface area contributed by atoms with Gasteiger partial charge in [0, 0.05) is 5.92 Å². The average molecular weight is 391 g/mol. The molecule has 0 radical (unpaired) electrons. The summed E-state index contributed by atoms with van der Waals surface area (Å²) >= 11 is 0. The van der Waals surface area contributed by atoms with E-state index in [4.69, 9.17) is 0 Å².